The maximum absolute atomic E-state index is 13.6. The predicted molar refractivity (Wildman–Crippen MR) is 125 cm³/mol. The zero-order valence-electron chi connectivity index (χ0n) is 18.3. The molecular formula is C25H22N4O4S. The Kier molecular flexibility index (Phi) is 4.88. The van der Waals surface area contributed by atoms with Gasteiger partial charge in [0.05, 0.1) is 16.9 Å². The van der Waals surface area contributed by atoms with E-state index in [2.05, 4.69) is 10.4 Å². The van der Waals surface area contributed by atoms with Crippen molar-refractivity contribution in [1.29, 1.82) is 0 Å². The van der Waals surface area contributed by atoms with Gasteiger partial charge in [0.1, 0.15) is 23.9 Å². The Labute approximate surface area is 199 Å². The number of benzene rings is 1. The lowest BCUT2D eigenvalue weighted by Gasteiger charge is -2.33. The topological polar surface area (TPSA) is 95.2 Å². The summed E-state index contributed by atoms with van der Waals surface area (Å²) in [4.78, 5) is 42.0. The van der Waals surface area contributed by atoms with Crippen molar-refractivity contribution in [1.82, 2.24) is 15.2 Å². The van der Waals surface area contributed by atoms with Crippen molar-refractivity contribution in [2.24, 2.45) is 5.10 Å². The monoisotopic (exact) mass is 474 g/mol. The Morgan fingerprint density at radius 3 is 2.85 bits per heavy atom. The standard InChI is InChI=1S/C25H22N4O4S/c30-22(29-19(20-9-4-12-33-20)14-18(27-29)21-10-5-13-34-21)15-28-23(31)25(26-24(28)32)11-3-7-16-6-1-2-8-17(16)25/h1-2,4-6,8-10,12-13,19H,3,7,11,14-15H2,(H,26,32)/t19-,25-/m0/s1. The van der Waals surface area contributed by atoms with Crippen molar-refractivity contribution in [3.8, 4) is 0 Å². The number of nitrogens with one attached hydrogen (secondary N) is 1. The van der Waals surface area contributed by atoms with Crippen LogP contribution >= 0.6 is 11.3 Å². The summed E-state index contributed by atoms with van der Waals surface area (Å²) in [6.07, 6.45) is 4.21. The highest BCUT2D eigenvalue weighted by Crippen LogP contribution is 2.40. The largest absolute Gasteiger partial charge is 0.467 e. The maximum atomic E-state index is 13.6. The first-order chi connectivity index (χ1) is 16.6. The van der Waals surface area contributed by atoms with Crippen LogP contribution in [0.25, 0.3) is 0 Å². The van der Waals surface area contributed by atoms with Gasteiger partial charge in [0.15, 0.2) is 0 Å². The van der Waals surface area contributed by atoms with E-state index in [4.69, 9.17) is 4.42 Å². The van der Waals surface area contributed by atoms with Crippen LogP contribution in [0.1, 0.15) is 47.1 Å². The van der Waals surface area contributed by atoms with E-state index >= 15 is 0 Å². The van der Waals surface area contributed by atoms with E-state index in [0.29, 0.717) is 18.6 Å². The van der Waals surface area contributed by atoms with Crippen molar-refractivity contribution >= 4 is 34.9 Å². The molecule has 34 heavy (non-hydrogen) atoms. The van der Waals surface area contributed by atoms with Gasteiger partial charge in [0.2, 0.25) is 0 Å². The molecule has 2 atom stereocenters. The van der Waals surface area contributed by atoms with Crippen LogP contribution in [-0.4, -0.2) is 40.0 Å². The van der Waals surface area contributed by atoms with Crippen molar-refractivity contribution in [3.63, 3.8) is 0 Å². The molecule has 1 spiro atoms. The van der Waals surface area contributed by atoms with Gasteiger partial charge in [0, 0.05) is 6.42 Å². The number of carbonyl (C=O) groups is 3. The third kappa shape index (κ3) is 3.19. The highest BCUT2D eigenvalue weighted by molar-refractivity contribution is 7.12. The third-order valence-corrected chi connectivity index (χ3v) is 7.71. The van der Waals surface area contributed by atoms with Crippen molar-refractivity contribution in [3.05, 3.63) is 81.9 Å². The summed E-state index contributed by atoms with van der Waals surface area (Å²) in [6, 6.07) is 14.2. The summed E-state index contributed by atoms with van der Waals surface area (Å²) in [7, 11) is 0. The highest BCUT2D eigenvalue weighted by atomic mass is 32.1. The molecule has 0 saturated carbocycles. The number of fused-ring (bicyclic) bond motifs is 2. The van der Waals surface area contributed by atoms with E-state index in [0.717, 1.165) is 39.5 Å². The zero-order valence-corrected chi connectivity index (χ0v) is 19.1. The van der Waals surface area contributed by atoms with E-state index in [1.54, 1.807) is 29.7 Å². The van der Waals surface area contributed by atoms with Gasteiger partial charge in [-0.1, -0.05) is 30.3 Å². The SMILES string of the molecule is O=C1N[C@]2(CCCc3ccccc32)C(=O)N1CC(=O)N1N=C(c2cccs2)C[C@H]1c1ccco1. The van der Waals surface area contributed by atoms with Gasteiger partial charge in [-0.15, -0.1) is 11.3 Å². The minimum absolute atomic E-state index is 0.380. The fourth-order valence-corrected chi connectivity index (χ4v) is 5.92. The molecule has 1 aliphatic carbocycles. The molecule has 1 aromatic carbocycles. The van der Waals surface area contributed by atoms with E-state index in [9.17, 15) is 14.4 Å². The Morgan fingerprint density at radius 2 is 2.06 bits per heavy atom. The molecule has 2 aliphatic heterocycles. The number of hydrogen-bond acceptors (Lipinski definition) is 6. The molecule has 1 saturated heterocycles. The molecule has 6 rings (SSSR count). The van der Waals surface area contributed by atoms with Crippen molar-refractivity contribution in [2.45, 2.75) is 37.3 Å². The summed E-state index contributed by atoms with van der Waals surface area (Å²) < 4.78 is 5.58. The lowest BCUT2D eigenvalue weighted by Crippen LogP contribution is -2.47. The van der Waals surface area contributed by atoms with E-state index < -0.39 is 23.5 Å². The van der Waals surface area contributed by atoms with Gasteiger partial charge in [-0.05, 0) is 54.0 Å². The summed E-state index contributed by atoms with van der Waals surface area (Å²) in [5, 5.41) is 10.8. The second kappa shape index (κ2) is 7.95. The second-order valence-corrected chi connectivity index (χ2v) is 9.68. The molecule has 1 fully saturated rings. The highest BCUT2D eigenvalue weighted by Gasteiger charge is 2.54. The number of imide groups is 1. The number of rotatable bonds is 4. The van der Waals surface area contributed by atoms with Crippen LogP contribution in [0.15, 0.2) is 69.7 Å². The van der Waals surface area contributed by atoms with E-state index in [-0.39, 0.29) is 12.5 Å². The average Bonchev–Trinajstić information content (AvgIpc) is 3.64. The summed E-state index contributed by atoms with van der Waals surface area (Å²) >= 11 is 1.55. The molecule has 0 bridgehead atoms. The number of carbonyl (C=O) groups excluding carboxylic acids is 3. The number of hydrazone groups is 1. The minimum Gasteiger partial charge on any atom is -0.467 e. The van der Waals surface area contributed by atoms with Gasteiger partial charge in [-0.3, -0.25) is 14.5 Å². The quantitative estimate of drug-likeness (QED) is 0.582. The van der Waals surface area contributed by atoms with Crippen LogP contribution in [0.5, 0.6) is 0 Å². The maximum Gasteiger partial charge on any atom is 0.325 e. The molecule has 4 amide bonds. The summed E-state index contributed by atoms with van der Waals surface area (Å²) in [5.74, 6) is -0.203. The summed E-state index contributed by atoms with van der Waals surface area (Å²) in [5.41, 5.74) is 1.54. The fourth-order valence-electron chi connectivity index (χ4n) is 5.20. The van der Waals surface area contributed by atoms with Gasteiger partial charge < -0.3 is 9.73 Å². The Morgan fingerprint density at radius 1 is 1.18 bits per heavy atom. The fraction of sp³-hybridized carbons (Fsp3) is 0.280. The van der Waals surface area contributed by atoms with Crippen LogP contribution in [0.3, 0.4) is 0 Å². The molecular weight excluding hydrogens is 452 g/mol. The Balaban J connectivity index is 1.29. The number of urea groups is 1. The second-order valence-electron chi connectivity index (χ2n) is 8.74. The first-order valence-electron chi connectivity index (χ1n) is 11.3. The molecule has 0 radical (unpaired) electrons. The molecule has 3 aromatic rings. The molecule has 4 heterocycles. The van der Waals surface area contributed by atoms with Crippen LogP contribution in [-0.2, 0) is 21.5 Å². The average molecular weight is 475 g/mol. The van der Waals surface area contributed by atoms with Gasteiger partial charge >= 0.3 is 6.03 Å². The number of aryl methyl sites for hydroxylation is 1. The Hall–Kier alpha value is -3.72. The third-order valence-electron chi connectivity index (χ3n) is 6.79. The zero-order chi connectivity index (χ0) is 23.3. The van der Waals surface area contributed by atoms with Crippen molar-refractivity contribution < 1.29 is 18.8 Å². The molecule has 2 aromatic heterocycles. The first kappa shape index (κ1) is 20.9. The van der Waals surface area contributed by atoms with E-state index in [1.807, 2.05) is 41.8 Å². The molecule has 1 N–H and O–H groups in total. The van der Waals surface area contributed by atoms with E-state index in [1.165, 1.54) is 5.01 Å². The molecule has 172 valence electrons. The van der Waals surface area contributed by atoms with Gasteiger partial charge in [-0.2, -0.15) is 5.10 Å². The molecule has 3 aliphatic rings. The molecule has 9 heteroatoms. The first-order valence-corrected chi connectivity index (χ1v) is 12.1. The molecule has 8 nitrogen and oxygen atoms in total. The minimum atomic E-state index is -1.11. The number of amides is 4. The molecule has 0 unspecified atom stereocenters. The number of nitrogens with zero attached hydrogens (tertiary/aromatic N) is 3. The normalized spacial score (nSPS) is 23.9. The lowest BCUT2D eigenvalue weighted by molar-refractivity contribution is -0.140. The van der Waals surface area contributed by atoms with Crippen LogP contribution in [0.2, 0.25) is 0 Å². The number of hydrogen-bond donors (Lipinski definition) is 1. The smallest absolute Gasteiger partial charge is 0.325 e. The Bertz CT molecular complexity index is 1300. The number of furan rings is 1. The number of thiophene rings is 1. The predicted octanol–water partition coefficient (Wildman–Crippen LogP) is 3.80. The van der Waals surface area contributed by atoms with Crippen LogP contribution in [0.4, 0.5) is 4.79 Å². The van der Waals surface area contributed by atoms with Crippen molar-refractivity contribution in [2.75, 3.05) is 6.54 Å². The van der Waals surface area contributed by atoms with Crippen LogP contribution in [0, 0.1) is 0 Å². The van der Waals surface area contributed by atoms with Crippen LogP contribution < -0.4 is 5.32 Å². The summed E-state index contributed by atoms with van der Waals surface area (Å²) in [6.45, 7) is -0.382. The lowest BCUT2D eigenvalue weighted by atomic mass is 9.76. The van der Waals surface area contributed by atoms with Gasteiger partial charge in [0.25, 0.3) is 11.8 Å². The van der Waals surface area contributed by atoms with Gasteiger partial charge in [-0.25, -0.2) is 9.80 Å².